The molecular weight excluding hydrogens is 316 g/mol. The molecule has 1 fully saturated rings. The fraction of sp³-hybridized carbons (Fsp3) is 0.316. The number of carbonyl (C=O) groups excluding carboxylic acids is 2. The summed E-state index contributed by atoms with van der Waals surface area (Å²) < 4.78 is 0. The molecule has 2 heterocycles. The number of nitrogens with zero attached hydrogens (tertiary/aromatic N) is 3. The maximum absolute atomic E-state index is 12.6. The zero-order chi connectivity index (χ0) is 17.8. The fourth-order valence-corrected chi connectivity index (χ4v) is 2.90. The maximum Gasteiger partial charge on any atom is 0.274 e. The molecule has 0 aliphatic carbocycles. The normalized spacial score (nSPS) is 14.3. The van der Waals surface area contributed by atoms with Crippen LogP contribution >= 0.6 is 0 Å². The first-order valence-corrected chi connectivity index (χ1v) is 8.36. The number of piperazine rings is 1. The number of nitrogens with one attached hydrogen (secondary N) is 1. The van der Waals surface area contributed by atoms with E-state index in [-0.39, 0.29) is 5.91 Å². The molecule has 0 unspecified atom stereocenters. The van der Waals surface area contributed by atoms with Crippen LogP contribution in [-0.4, -0.2) is 48.4 Å². The second-order valence-corrected chi connectivity index (χ2v) is 6.23. The molecule has 0 saturated carbocycles. The Morgan fingerprint density at radius 1 is 1.16 bits per heavy atom. The van der Waals surface area contributed by atoms with Crippen molar-refractivity contribution in [2.24, 2.45) is 0 Å². The van der Waals surface area contributed by atoms with Crippen molar-refractivity contribution in [1.29, 1.82) is 0 Å². The lowest BCUT2D eigenvalue weighted by Crippen LogP contribution is -2.45. The summed E-state index contributed by atoms with van der Waals surface area (Å²) in [7, 11) is 0. The Labute approximate surface area is 147 Å². The predicted octanol–water partition coefficient (Wildman–Crippen LogP) is 2.23. The van der Waals surface area contributed by atoms with Crippen LogP contribution in [0.25, 0.3) is 0 Å². The van der Waals surface area contributed by atoms with Crippen LogP contribution in [0, 0.1) is 13.8 Å². The van der Waals surface area contributed by atoms with Crippen LogP contribution < -0.4 is 10.2 Å². The number of carbonyl (C=O) groups is 2. The van der Waals surface area contributed by atoms with E-state index in [9.17, 15) is 9.59 Å². The zero-order valence-electron chi connectivity index (χ0n) is 14.5. The minimum atomic E-state index is -0.220. The second-order valence-electron chi connectivity index (χ2n) is 6.23. The van der Waals surface area contributed by atoms with E-state index in [1.165, 1.54) is 0 Å². The minimum absolute atomic E-state index is 0.220. The molecule has 6 heteroatoms. The smallest absolute Gasteiger partial charge is 0.274 e. The molecule has 0 bridgehead atoms. The van der Waals surface area contributed by atoms with Gasteiger partial charge in [0.15, 0.2) is 0 Å². The third-order valence-electron chi connectivity index (χ3n) is 4.66. The Hall–Kier alpha value is -2.89. The summed E-state index contributed by atoms with van der Waals surface area (Å²) in [6.45, 7) is 6.89. The van der Waals surface area contributed by atoms with E-state index in [4.69, 9.17) is 0 Å². The molecule has 1 N–H and O–H groups in total. The molecule has 1 aliphatic rings. The third-order valence-corrected chi connectivity index (χ3v) is 4.66. The summed E-state index contributed by atoms with van der Waals surface area (Å²) in [6, 6.07) is 9.53. The van der Waals surface area contributed by atoms with E-state index < -0.39 is 0 Å². The Kier molecular flexibility index (Phi) is 4.97. The van der Waals surface area contributed by atoms with E-state index in [2.05, 4.69) is 15.2 Å². The van der Waals surface area contributed by atoms with Crippen molar-refractivity contribution >= 4 is 23.7 Å². The van der Waals surface area contributed by atoms with E-state index in [1.54, 1.807) is 17.2 Å². The summed E-state index contributed by atoms with van der Waals surface area (Å²) in [5, 5.41) is 2.94. The molecule has 1 saturated heterocycles. The summed E-state index contributed by atoms with van der Waals surface area (Å²) in [6.07, 6.45) is 2.53. The molecule has 130 valence electrons. The summed E-state index contributed by atoms with van der Waals surface area (Å²) in [4.78, 5) is 31.5. The highest BCUT2D eigenvalue weighted by atomic mass is 16.2. The van der Waals surface area contributed by atoms with Gasteiger partial charge in [0.2, 0.25) is 6.41 Å². The highest BCUT2D eigenvalue weighted by Gasteiger charge is 2.17. The molecule has 0 radical (unpaired) electrons. The van der Waals surface area contributed by atoms with E-state index in [0.29, 0.717) is 18.8 Å². The SMILES string of the molecule is Cc1cccc(NC(=O)c2cc(N3CCN(C=O)CC3)ccn2)c1C. The summed E-state index contributed by atoms with van der Waals surface area (Å²) >= 11 is 0. The second kappa shape index (κ2) is 7.34. The van der Waals surface area contributed by atoms with Gasteiger partial charge >= 0.3 is 0 Å². The Balaban J connectivity index is 1.74. The van der Waals surface area contributed by atoms with Crippen molar-refractivity contribution in [1.82, 2.24) is 9.88 Å². The molecule has 0 spiro atoms. The Bertz CT molecular complexity index is 783. The van der Waals surface area contributed by atoms with E-state index in [1.807, 2.05) is 38.1 Å². The zero-order valence-corrected chi connectivity index (χ0v) is 14.5. The average Bonchev–Trinajstić information content (AvgIpc) is 2.65. The molecule has 6 nitrogen and oxygen atoms in total. The van der Waals surface area contributed by atoms with Gasteiger partial charge in [-0.3, -0.25) is 14.6 Å². The molecule has 1 aromatic carbocycles. The molecule has 1 aromatic heterocycles. The number of aryl methyl sites for hydroxylation is 1. The Morgan fingerprint density at radius 3 is 2.64 bits per heavy atom. The van der Waals surface area contributed by atoms with Gasteiger partial charge in [0, 0.05) is 43.8 Å². The highest BCUT2D eigenvalue weighted by Crippen LogP contribution is 2.20. The van der Waals surface area contributed by atoms with Gasteiger partial charge in [0.25, 0.3) is 5.91 Å². The van der Waals surface area contributed by atoms with Gasteiger partial charge in [0.1, 0.15) is 5.69 Å². The topological polar surface area (TPSA) is 65.5 Å². The van der Waals surface area contributed by atoms with Gasteiger partial charge in [-0.1, -0.05) is 12.1 Å². The van der Waals surface area contributed by atoms with Crippen LogP contribution in [0.3, 0.4) is 0 Å². The monoisotopic (exact) mass is 338 g/mol. The standard InChI is InChI=1S/C19H22N4O2/c1-14-4-3-5-17(15(14)2)21-19(25)18-12-16(6-7-20-18)23-10-8-22(13-24)9-11-23/h3-7,12-13H,8-11H2,1-2H3,(H,21,25). The maximum atomic E-state index is 12.6. The molecule has 3 rings (SSSR count). The van der Waals surface area contributed by atoms with E-state index >= 15 is 0 Å². The Morgan fingerprint density at radius 2 is 1.92 bits per heavy atom. The first-order chi connectivity index (χ1) is 12.1. The van der Waals surface area contributed by atoms with Gasteiger partial charge in [-0.15, -0.1) is 0 Å². The first-order valence-electron chi connectivity index (χ1n) is 8.36. The molecule has 1 aliphatic heterocycles. The van der Waals surface area contributed by atoms with Gasteiger partial charge < -0.3 is 15.1 Å². The van der Waals surface area contributed by atoms with Crippen LogP contribution in [0.1, 0.15) is 21.6 Å². The fourth-order valence-electron chi connectivity index (χ4n) is 2.90. The third kappa shape index (κ3) is 3.79. The molecule has 2 amide bonds. The number of anilines is 2. The minimum Gasteiger partial charge on any atom is -0.368 e. The van der Waals surface area contributed by atoms with Crippen LogP contribution in [0.15, 0.2) is 36.5 Å². The van der Waals surface area contributed by atoms with Gasteiger partial charge in [-0.25, -0.2) is 0 Å². The van der Waals surface area contributed by atoms with Crippen molar-refractivity contribution in [3.63, 3.8) is 0 Å². The van der Waals surface area contributed by atoms with Crippen molar-refractivity contribution in [2.75, 3.05) is 36.4 Å². The number of hydrogen-bond donors (Lipinski definition) is 1. The van der Waals surface area contributed by atoms with Gasteiger partial charge in [-0.2, -0.15) is 0 Å². The van der Waals surface area contributed by atoms with Crippen LogP contribution in [0.2, 0.25) is 0 Å². The lowest BCUT2D eigenvalue weighted by molar-refractivity contribution is -0.118. The average molecular weight is 338 g/mol. The highest BCUT2D eigenvalue weighted by molar-refractivity contribution is 6.03. The number of pyridine rings is 1. The van der Waals surface area contributed by atoms with Crippen LogP contribution in [0.5, 0.6) is 0 Å². The van der Waals surface area contributed by atoms with Crippen molar-refractivity contribution in [3.05, 3.63) is 53.3 Å². The number of hydrogen-bond acceptors (Lipinski definition) is 4. The lowest BCUT2D eigenvalue weighted by atomic mass is 10.1. The van der Waals surface area contributed by atoms with E-state index in [0.717, 1.165) is 42.0 Å². The van der Waals surface area contributed by atoms with Crippen molar-refractivity contribution in [2.45, 2.75) is 13.8 Å². The van der Waals surface area contributed by atoms with Crippen molar-refractivity contribution in [3.8, 4) is 0 Å². The molecule has 2 aromatic rings. The molecule has 0 atom stereocenters. The molecular formula is C19H22N4O2. The predicted molar refractivity (Wildman–Crippen MR) is 98.0 cm³/mol. The number of amides is 2. The first kappa shape index (κ1) is 17.0. The van der Waals surface area contributed by atoms with Gasteiger partial charge in [0.05, 0.1) is 0 Å². The summed E-state index contributed by atoms with van der Waals surface area (Å²) in [5.74, 6) is -0.220. The van der Waals surface area contributed by atoms with Crippen molar-refractivity contribution < 1.29 is 9.59 Å². The number of rotatable bonds is 4. The van der Waals surface area contributed by atoms with Gasteiger partial charge in [-0.05, 0) is 43.2 Å². The largest absolute Gasteiger partial charge is 0.368 e. The number of benzene rings is 1. The lowest BCUT2D eigenvalue weighted by Gasteiger charge is -2.34. The van der Waals surface area contributed by atoms with Crippen LogP contribution in [0.4, 0.5) is 11.4 Å². The number of aromatic nitrogens is 1. The quantitative estimate of drug-likeness (QED) is 0.868. The molecule has 25 heavy (non-hydrogen) atoms. The summed E-state index contributed by atoms with van der Waals surface area (Å²) in [5.41, 5.74) is 4.32. The van der Waals surface area contributed by atoms with Crippen LogP contribution in [-0.2, 0) is 4.79 Å².